The van der Waals surface area contributed by atoms with E-state index in [1.807, 2.05) is 74.5 Å². The van der Waals surface area contributed by atoms with Gasteiger partial charge in [-0.15, -0.1) is 11.6 Å². The number of benzene rings is 2. The highest BCUT2D eigenvalue weighted by Gasteiger charge is 2.31. The summed E-state index contributed by atoms with van der Waals surface area (Å²) in [6.45, 7) is 4.52. The van der Waals surface area contributed by atoms with Crippen molar-refractivity contribution in [3.8, 4) is 0 Å². The van der Waals surface area contributed by atoms with Crippen molar-refractivity contribution >= 4 is 41.3 Å². The Balaban J connectivity index is 2.19. The maximum absolute atomic E-state index is 13.4. The van der Waals surface area contributed by atoms with E-state index in [1.165, 1.54) is 6.92 Å². The van der Waals surface area contributed by atoms with E-state index in [0.717, 1.165) is 11.1 Å². The molecule has 3 N–H and O–H groups in total. The number of hydrogen-bond donors (Lipinski definition) is 3. The molecule has 0 heterocycles. The van der Waals surface area contributed by atoms with E-state index in [2.05, 4.69) is 16.0 Å². The third-order valence-electron chi connectivity index (χ3n) is 5.66. The molecule has 0 saturated carbocycles. The molecule has 11 heteroatoms. The zero-order valence-electron chi connectivity index (χ0n) is 22.9. The Morgan fingerprint density at radius 2 is 1.30 bits per heavy atom. The average molecular weight is 574 g/mol. The van der Waals surface area contributed by atoms with Crippen molar-refractivity contribution in [1.82, 2.24) is 16.0 Å². The Morgan fingerprint density at radius 3 is 1.85 bits per heavy atom. The minimum atomic E-state index is -1.25. The minimum absolute atomic E-state index is 0.0121. The first kappa shape index (κ1) is 32.3. The average Bonchev–Trinajstić information content (AvgIpc) is 2.93. The summed E-state index contributed by atoms with van der Waals surface area (Å²) in [6.07, 6.45) is 0.411. The Hall–Kier alpha value is -3.92. The van der Waals surface area contributed by atoms with Gasteiger partial charge in [0.05, 0.1) is 0 Å². The number of alkyl halides is 1. The first-order valence-corrected chi connectivity index (χ1v) is 13.5. The van der Waals surface area contributed by atoms with Gasteiger partial charge in [0, 0.05) is 13.3 Å². The van der Waals surface area contributed by atoms with Crippen LogP contribution in [0.4, 0.5) is 0 Å². The van der Waals surface area contributed by atoms with E-state index in [1.54, 1.807) is 0 Å². The lowest BCUT2D eigenvalue weighted by Gasteiger charge is -2.26. The summed E-state index contributed by atoms with van der Waals surface area (Å²) in [5, 5.41) is 7.76. The van der Waals surface area contributed by atoms with Crippen LogP contribution in [0.5, 0.6) is 0 Å². The number of nitrogens with one attached hydrogen (secondary N) is 3. The van der Waals surface area contributed by atoms with Crippen molar-refractivity contribution in [2.24, 2.45) is 5.92 Å². The van der Waals surface area contributed by atoms with Crippen LogP contribution in [0, 0.1) is 5.92 Å². The van der Waals surface area contributed by atoms with Crippen LogP contribution >= 0.6 is 11.6 Å². The summed E-state index contributed by atoms with van der Waals surface area (Å²) >= 11 is 5.44. The van der Waals surface area contributed by atoms with Gasteiger partial charge in [-0.05, 0) is 23.5 Å². The van der Waals surface area contributed by atoms with Crippen LogP contribution in [0.1, 0.15) is 38.3 Å². The molecule has 0 spiro atoms. The van der Waals surface area contributed by atoms with Gasteiger partial charge in [-0.1, -0.05) is 74.5 Å². The molecule has 0 aliphatic rings. The molecule has 0 bridgehead atoms. The Morgan fingerprint density at radius 1 is 0.750 bits per heavy atom. The number of amides is 3. The zero-order valence-corrected chi connectivity index (χ0v) is 23.6. The van der Waals surface area contributed by atoms with Gasteiger partial charge in [0.15, 0.2) is 0 Å². The fraction of sp³-hybridized carbons (Fsp3) is 0.414. The van der Waals surface area contributed by atoms with Crippen molar-refractivity contribution < 1.29 is 33.4 Å². The lowest BCUT2D eigenvalue weighted by molar-refractivity contribution is -0.149. The molecule has 2 aromatic rings. The maximum Gasteiger partial charge on any atom is 0.329 e. The second kappa shape index (κ2) is 16.9. The number of hydrogen-bond acceptors (Lipinski definition) is 7. The normalized spacial score (nSPS) is 12.9. The monoisotopic (exact) mass is 573 g/mol. The lowest BCUT2D eigenvalue weighted by Crippen LogP contribution is -2.57. The van der Waals surface area contributed by atoms with Gasteiger partial charge in [-0.2, -0.15) is 0 Å². The summed E-state index contributed by atoms with van der Waals surface area (Å²) in [4.78, 5) is 62.7. The number of carbonyl (C=O) groups is 5. The van der Waals surface area contributed by atoms with Crippen LogP contribution < -0.4 is 16.0 Å². The smallest absolute Gasteiger partial charge is 0.329 e. The van der Waals surface area contributed by atoms with Crippen molar-refractivity contribution in [3.63, 3.8) is 0 Å². The van der Waals surface area contributed by atoms with E-state index < -0.39 is 60.3 Å². The summed E-state index contributed by atoms with van der Waals surface area (Å²) in [7, 11) is 0. The summed E-state index contributed by atoms with van der Waals surface area (Å²) < 4.78 is 10.4. The second-order valence-electron chi connectivity index (χ2n) is 9.60. The highest BCUT2D eigenvalue weighted by Crippen LogP contribution is 2.10. The first-order chi connectivity index (χ1) is 19.1. The molecular formula is C29H36ClN3O7. The molecule has 0 fully saturated rings. The molecule has 0 aliphatic heterocycles. The van der Waals surface area contributed by atoms with Crippen LogP contribution in [0.3, 0.4) is 0 Å². The molecule has 0 unspecified atom stereocenters. The fourth-order valence-electron chi connectivity index (χ4n) is 3.76. The van der Waals surface area contributed by atoms with Crippen LogP contribution in [-0.4, -0.2) is 60.3 Å². The maximum atomic E-state index is 13.4. The minimum Gasteiger partial charge on any atom is -0.462 e. The second-order valence-corrected chi connectivity index (χ2v) is 9.87. The lowest BCUT2D eigenvalue weighted by atomic mass is 10.0. The van der Waals surface area contributed by atoms with Crippen LogP contribution in [0.25, 0.3) is 0 Å². The molecule has 2 rings (SSSR count). The van der Waals surface area contributed by atoms with Gasteiger partial charge in [-0.3, -0.25) is 19.2 Å². The molecule has 3 atom stereocenters. The third kappa shape index (κ3) is 11.9. The standard InChI is InChI=1S/C29H36ClN3O7/c1-19(2)14-23(32-28(37)25(31-20(3)34)18-39-26(35)16-30)27(36)33-24(15-21-10-6-4-7-11-21)29(38)40-17-22-12-8-5-9-13-22/h4-13,19,23-25H,14-18H2,1-3H3,(H,31,34)(H,32,37)(H,33,36)/t23-,24-,25-/m0/s1. The SMILES string of the molecule is CC(=O)N[C@@H](COC(=O)CCl)C(=O)N[C@@H](CC(C)C)C(=O)N[C@@H](Cc1ccccc1)C(=O)OCc1ccccc1. The molecule has 0 aromatic heterocycles. The van der Waals surface area contributed by atoms with E-state index in [9.17, 15) is 24.0 Å². The van der Waals surface area contributed by atoms with E-state index >= 15 is 0 Å². The third-order valence-corrected chi connectivity index (χ3v) is 5.88. The highest BCUT2D eigenvalue weighted by atomic mass is 35.5. The van der Waals surface area contributed by atoms with Crippen molar-refractivity contribution in [2.45, 2.75) is 58.3 Å². The zero-order chi connectivity index (χ0) is 29.5. The number of halogens is 1. The number of carbonyl (C=O) groups excluding carboxylic acids is 5. The van der Waals surface area contributed by atoms with E-state index in [-0.39, 0.29) is 25.4 Å². The number of rotatable bonds is 15. The van der Waals surface area contributed by atoms with Crippen molar-refractivity contribution in [1.29, 1.82) is 0 Å². The first-order valence-electron chi connectivity index (χ1n) is 12.9. The highest BCUT2D eigenvalue weighted by molar-refractivity contribution is 6.26. The quantitative estimate of drug-likeness (QED) is 0.219. The molecule has 3 amide bonds. The predicted molar refractivity (Wildman–Crippen MR) is 149 cm³/mol. The van der Waals surface area contributed by atoms with Crippen molar-refractivity contribution in [2.75, 3.05) is 12.5 Å². The Labute approximate surface area is 239 Å². The molecule has 2 aromatic carbocycles. The van der Waals surface area contributed by atoms with E-state index in [0.29, 0.717) is 0 Å². The fourth-order valence-corrected chi connectivity index (χ4v) is 3.84. The van der Waals surface area contributed by atoms with Gasteiger partial charge in [0.25, 0.3) is 0 Å². The largest absolute Gasteiger partial charge is 0.462 e. The molecule has 0 aliphatic carbocycles. The molecular weight excluding hydrogens is 538 g/mol. The summed E-state index contributed by atoms with van der Waals surface area (Å²) in [5.74, 6) is -3.68. The van der Waals surface area contributed by atoms with Crippen molar-refractivity contribution in [3.05, 3.63) is 71.8 Å². The molecule has 10 nitrogen and oxygen atoms in total. The van der Waals surface area contributed by atoms with Gasteiger partial charge in [-0.25, -0.2) is 4.79 Å². The van der Waals surface area contributed by atoms with Gasteiger partial charge in [0.1, 0.15) is 37.2 Å². The topological polar surface area (TPSA) is 140 Å². The van der Waals surface area contributed by atoms with Gasteiger partial charge < -0.3 is 25.4 Å². The molecule has 0 saturated heterocycles. The van der Waals surface area contributed by atoms with Crippen LogP contribution in [0.2, 0.25) is 0 Å². The van der Waals surface area contributed by atoms with Crippen LogP contribution in [-0.2, 0) is 46.5 Å². The Bertz CT molecular complexity index is 1130. The molecule has 0 radical (unpaired) electrons. The Kier molecular flexibility index (Phi) is 13.7. The van der Waals surface area contributed by atoms with E-state index in [4.69, 9.17) is 21.1 Å². The molecule has 40 heavy (non-hydrogen) atoms. The molecule has 216 valence electrons. The summed E-state index contributed by atoms with van der Waals surface area (Å²) in [5.41, 5.74) is 1.60. The summed E-state index contributed by atoms with van der Waals surface area (Å²) in [6, 6.07) is 15.0. The van der Waals surface area contributed by atoms with Crippen LogP contribution in [0.15, 0.2) is 60.7 Å². The number of esters is 2. The van der Waals surface area contributed by atoms with Gasteiger partial charge >= 0.3 is 11.9 Å². The predicted octanol–water partition coefficient (Wildman–Crippen LogP) is 2.27. The van der Waals surface area contributed by atoms with Gasteiger partial charge in [0.2, 0.25) is 17.7 Å². The number of ether oxygens (including phenoxy) is 2.